The van der Waals surface area contributed by atoms with Crippen molar-refractivity contribution in [2.45, 2.75) is 64.0 Å². The van der Waals surface area contributed by atoms with Crippen molar-refractivity contribution in [3.63, 3.8) is 0 Å². The molecule has 0 spiro atoms. The first kappa shape index (κ1) is 27.6. The summed E-state index contributed by atoms with van der Waals surface area (Å²) in [6, 6.07) is 5.67. The van der Waals surface area contributed by atoms with Crippen molar-refractivity contribution >= 4 is 47.1 Å². The number of carboxylic acid groups (broad SMARTS) is 1. The largest absolute Gasteiger partial charge is 0.465 e. The molecule has 11 heteroatoms. The number of anilines is 1. The molecule has 3 aromatic rings. The van der Waals surface area contributed by atoms with Crippen molar-refractivity contribution in [3.05, 3.63) is 52.6 Å². The lowest BCUT2D eigenvalue weighted by Crippen LogP contribution is -2.68. The van der Waals surface area contributed by atoms with Gasteiger partial charge in [-0.1, -0.05) is 27.7 Å². The lowest BCUT2D eigenvalue weighted by Gasteiger charge is -2.52. The SMILES string of the molecule is C[C@H]1CNC[C@](NC(=O)O)(c2ccncc2NCc2ccc3occ(Br)c3n2)[C@@H]1O[Si](C)(C)C(C)(C)C. The molecule has 3 atom stereocenters. The fraction of sp³-hybridized carbons (Fsp3) is 0.500. The number of amides is 1. The maximum absolute atomic E-state index is 12.2. The number of nitrogens with zero attached hydrogens (tertiary/aromatic N) is 2. The minimum atomic E-state index is -2.24. The van der Waals surface area contributed by atoms with Crippen LogP contribution in [0.4, 0.5) is 10.5 Å². The summed E-state index contributed by atoms with van der Waals surface area (Å²) in [5, 5.41) is 19.8. The van der Waals surface area contributed by atoms with Crippen LogP contribution >= 0.6 is 15.9 Å². The van der Waals surface area contributed by atoms with Crippen LogP contribution in [0.25, 0.3) is 11.1 Å². The molecule has 1 amide bonds. The number of carbonyl (C=O) groups is 1. The third-order valence-corrected chi connectivity index (χ3v) is 12.6. The number of rotatable bonds is 7. The van der Waals surface area contributed by atoms with E-state index < -0.39 is 19.9 Å². The summed E-state index contributed by atoms with van der Waals surface area (Å²) in [4.78, 5) is 21.3. The number of hydrogen-bond acceptors (Lipinski definition) is 7. The molecular weight excluding hydrogens is 554 g/mol. The molecule has 1 aliphatic rings. The number of hydrogen-bond donors (Lipinski definition) is 4. The summed E-state index contributed by atoms with van der Waals surface area (Å²) >= 11 is 3.47. The fourth-order valence-corrected chi connectivity index (χ4v) is 6.46. The van der Waals surface area contributed by atoms with E-state index in [1.54, 1.807) is 18.7 Å². The Balaban J connectivity index is 1.73. The lowest BCUT2D eigenvalue weighted by molar-refractivity contribution is 0.00490. The Labute approximate surface area is 227 Å². The Bertz CT molecular complexity index is 1280. The van der Waals surface area contributed by atoms with Crippen LogP contribution in [0.3, 0.4) is 0 Å². The smallest absolute Gasteiger partial charge is 0.405 e. The van der Waals surface area contributed by atoms with E-state index in [1.807, 2.05) is 18.2 Å². The average Bonchev–Trinajstić information content (AvgIpc) is 3.19. The van der Waals surface area contributed by atoms with E-state index in [4.69, 9.17) is 13.8 Å². The van der Waals surface area contributed by atoms with Gasteiger partial charge in [0.1, 0.15) is 17.3 Å². The summed E-state index contributed by atoms with van der Waals surface area (Å²) < 4.78 is 13.3. The van der Waals surface area contributed by atoms with Crippen molar-refractivity contribution in [2.24, 2.45) is 5.92 Å². The fourth-order valence-electron chi connectivity index (χ4n) is 4.66. The van der Waals surface area contributed by atoms with Crippen LogP contribution in [0.5, 0.6) is 0 Å². The maximum Gasteiger partial charge on any atom is 0.405 e. The number of nitrogens with one attached hydrogen (secondary N) is 3. The monoisotopic (exact) mass is 589 g/mol. The number of pyridine rings is 2. The highest BCUT2D eigenvalue weighted by Gasteiger charge is 2.52. The second-order valence-electron chi connectivity index (χ2n) is 11.3. The lowest BCUT2D eigenvalue weighted by atomic mass is 9.76. The molecule has 1 aliphatic heterocycles. The first-order valence-corrected chi connectivity index (χ1v) is 16.1. The summed E-state index contributed by atoms with van der Waals surface area (Å²) in [5.41, 5.74) is 2.77. The van der Waals surface area contributed by atoms with Gasteiger partial charge < -0.3 is 29.9 Å². The number of aromatic nitrogens is 2. The Morgan fingerprint density at radius 2 is 2.11 bits per heavy atom. The molecule has 0 aromatic carbocycles. The third kappa shape index (κ3) is 5.54. The van der Waals surface area contributed by atoms with Gasteiger partial charge in [0.25, 0.3) is 0 Å². The first-order valence-electron chi connectivity index (χ1n) is 12.4. The van der Waals surface area contributed by atoms with Gasteiger partial charge in [-0.2, -0.15) is 0 Å². The Morgan fingerprint density at radius 1 is 1.35 bits per heavy atom. The zero-order valence-corrected chi connectivity index (χ0v) is 24.8. The quantitative estimate of drug-likeness (QED) is 0.259. The Kier molecular flexibility index (Phi) is 7.71. The van der Waals surface area contributed by atoms with Crippen LogP contribution < -0.4 is 16.0 Å². The molecule has 0 saturated carbocycles. The predicted octanol–water partition coefficient (Wildman–Crippen LogP) is 5.69. The van der Waals surface area contributed by atoms with Crippen LogP contribution in [0, 0.1) is 5.92 Å². The molecule has 0 radical (unpaired) electrons. The minimum absolute atomic E-state index is 0.0302. The van der Waals surface area contributed by atoms with Crippen LogP contribution in [0.1, 0.15) is 39.0 Å². The van der Waals surface area contributed by atoms with E-state index >= 15 is 0 Å². The second kappa shape index (κ2) is 10.4. The molecule has 9 nitrogen and oxygen atoms in total. The van der Waals surface area contributed by atoms with Gasteiger partial charge in [0.15, 0.2) is 13.9 Å². The topological polar surface area (TPSA) is 122 Å². The van der Waals surface area contributed by atoms with E-state index in [1.165, 1.54) is 0 Å². The molecule has 1 fully saturated rings. The van der Waals surface area contributed by atoms with Crippen molar-refractivity contribution < 1.29 is 18.7 Å². The molecule has 4 heterocycles. The number of fused-ring (bicyclic) bond motifs is 1. The van der Waals surface area contributed by atoms with E-state index in [0.29, 0.717) is 18.7 Å². The first-order chi connectivity index (χ1) is 17.3. The van der Waals surface area contributed by atoms with Gasteiger partial charge in [-0.25, -0.2) is 9.78 Å². The average molecular weight is 591 g/mol. The zero-order chi connectivity index (χ0) is 27.0. The number of furan rings is 1. The normalized spacial score (nSPS) is 22.7. The molecule has 0 bridgehead atoms. The predicted molar refractivity (Wildman–Crippen MR) is 150 cm³/mol. The Hall–Kier alpha value is -2.47. The molecule has 3 aromatic heterocycles. The molecule has 200 valence electrons. The highest BCUT2D eigenvalue weighted by molar-refractivity contribution is 9.10. The van der Waals surface area contributed by atoms with Crippen LogP contribution in [0.15, 0.2) is 45.7 Å². The van der Waals surface area contributed by atoms with E-state index in [2.05, 4.69) is 77.7 Å². The van der Waals surface area contributed by atoms with Crippen molar-refractivity contribution in [3.8, 4) is 0 Å². The Morgan fingerprint density at radius 3 is 2.81 bits per heavy atom. The second-order valence-corrected chi connectivity index (χ2v) is 16.9. The van der Waals surface area contributed by atoms with Crippen molar-refractivity contribution in [1.82, 2.24) is 20.6 Å². The van der Waals surface area contributed by atoms with Crippen LogP contribution in [-0.4, -0.2) is 48.7 Å². The standard InChI is InChI=1S/C26H36BrN5O4Si/c1-16-11-29-15-26(32-24(33)34,23(16)36-37(5,6)25(2,3)4)18-9-10-28-13-20(18)30-12-17-7-8-21-22(31-17)19(27)14-35-21/h7-10,13-14,16,23,29-30,32H,11-12,15H2,1-6H3,(H,33,34)/t16-,23+,26-/m0/s1. The van der Waals surface area contributed by atoms with Crippen molar-refractivity contribution in [2.75, 3.05) is 18.4 Å². The van der Waals surface area contributed by atoms with E-state index in [9.17, 15) is 9.90 Å². The van der Waals surface area contributed by atoms with Gasteiger partial charge in [0, 0.05) is 24.8 Å². The van der Waals surface area contributed by atoms with Gasteiger partial charge in [-0.05, 0) is 58.2 Å². The summed E-state index contributed by atoms with van der Waals surface area (Å²) in [5.74, 6) is 0.0678. The third-order valence-electron chi connectivity index (χ3n) is 7.62. The molecule has 37 heavy (non-hydrogen) atoms. The molecule has 0 aliphatic carbocycles. The highest BCUT2D eigenvalue weighted by Crippen LogP contribution is 2.44. The van der Waals surface area contributed by atoms with Gasteiger partial charge >= 0.3 is 6.09 Å². The minimum Gasteiger partial charge on any atom is -0.465 e. The van der Waals surface area contributed by atoms with E-state index in [0.717, 1.165) is 33.5 Å². The molecule has 4 rings (SSSR count). The summed E-state index contributed by atoms with van der Waals surface area (Å²) in [7, 11) is -2.24. The molecular formula is C26H36BrN5O4Si. The van der Waals surface area contributed by atoms with Crippen LogP contribution in [0.2, 0.25) is 18.1 Å². The molecule has 4 N–H and O–H groups in total. The van der Waals surface area contributed by atoms with Crippen molar-refractivity contribution in [1.29, 1.82) is 0 Å². The van der Waals surface area contributed by atoms with Gasteiger partial charge in [0.2, 0.25) is 0 Å². The number of halogens is 1. The van der Waals surface area contributed by atoms with Gasteiger partial charge in [-0.15, -0.1) is 0 Å². The van der Waals surface area contributed by atoms with Gasteiger partial charge in [-0.3, -0.25) is 4.98 Å². The summed E-state index contributed by atoms with van der Waals surface area (Å²) in [6.07, 6.45) is 3.58. The molecule has 0 unspecified atom stereocenters. The number of piperidine rings is 1. The van der Waals surface area contributed by atoms with Crippen LogP contribution in [-0.2, 0) is 16.5 Å². The summed E-state index contributed by atoms with van der Waals surface area (Å²) in [6.45, 7) is 14.7. The van der Waals surface area contributed by atoms with E-state index in [-0.39, 0.29) is 17.1 Å². The van der Waals surface area contributed by atoms with Gasteiger partial charge in [0.05, 0.1) is 34.7 Å². The highest BCUT2D eigenvalue weighted by atomic mass is 79.9. The maximum atomic E-state index is 12.2. The molecule has 1 saturated heterocycles. The zero-order valence-electron chi connectivity index (χ0n) is 22.2.